The molecule has 0 aliphatic carbocycles. The number of carbonyl (C=O) groups excluding carboxylic acids is 2. The van der Waals surface area contributed by atoms with Crippen LogP contribution in [0.25, 0.3) is 0 Å². The molecular weight excluding hydrogens is 314 g/mol. The van der Waals surface area contributed by atoms with E-state index >= 15 is 0 Å². The van der Waals surface area contributed by atoms with Gasteiger partial charge >= 0.3 is 11.8 Å². The Balaban J connectivity index is 1.90. The molecule has 0 spiro atoms. The summed E-state index contributed by atoms with van der Waals surface area (Å²) >= 11 is 1.63. The van der Waals surface area contributed by atoms with Gasteiger partial charge in [-0.25, -0.2) is 0 Å². The molecule has 1 saturated heterocycles. The van der Waals surface area contributed by atoms with Crippen LogP contribution in [-0.4, -0.2) is 56.1 Å². The van der Waals surface area contributed by atoms with E-state index in [1.54, 1.807) is 11.3 Å². The van der Waals surface area contributed by atoms with Crippen molar-refractivity contribution in [2.24, 2.45) is 5.92 Å². The highest BCUT2D eigenvalue weighted by Gasteiger charge is 2.24. The van der Waals surface area contributed by atoms with Gasteiger partial charge in [-0.15, -0.1) is 0 Å². The Bertz CT molecular complexity index is 499. The van der Waals surface area contributed by atoms with Crippen LogP contribution in [0.4, 0.5) is 0 Å². The van der Waals surface area contributed by atoms with Crippen molar-refractivity contribution < 1.29 is 14.3 Å². The fourth-order valence-electron chi connectivity index (χ4n) is 2.46. The minimum Gasteiger partial charge on any atom is -0.379 e. The smallest absolute Gasteiger partial charge is 0.309 e. The number of hydrogen-bond donors (Lipinski definition) is 2. The number of carbonyl (C=O) groups is 2. The van der Waals surface area contributed by atoms with Gasteiger partial charge in [-0.2, -0.15) is 11.3 Å². The predicted octanol–water partition coefficient (Wildman–Crippen LogP) is 1.01. The zero-order chi connectivity index (χ0) is 16.7. The molecule has 0 bridgehead atoms. The summed E-state index contributed by atoms with van der Waals surface area (Å²) in [6.45, 7) is 7.96. The lowest BCUT2D eigenvalue weighted by Crippen LogP contribution is -2.47. The molecule has 0 aromatic carbocycles. The topological polar surface area (TPSA) is 70.7 Å². The van der Waals surface area contributed by atoms with Gasteiger partial charge in [0.1, 0.15) is 0 Å². The SMILES string of the molecule is CC(C)CNC(=O)C(=O)NCC(c1ccsc1)N1CCOCC1. The molecule has 7 heteroatoms. The van der Waals surface area contributed by atoms with Crippen LogP contribution in [0.5, 0.6) is 0 Å². The zero-order valence-electron chi connectivity index (χ0n) is 13.7. The number of rotatable bonds is 6. The molecule has 6 nitrogen and oxygen atoms in total. The molecule has 2 rings (SSSR count). The lowest BCUT2D eigenvalue weighted by molar-refractivity contribution is -0.139. The molecule has 0 saturated carbocycles. The van der Waals surface area contributed by atoms with Crippen molar-refractivity contribution in [1.29, 1.82) is 0 Å². The number of hydrogen-bond acceptors (Lipinski definition) is 5. The fourth-order valence-corrected chi connectivity index (χ4v) is 3.17. The second-order valence-corrected chi connectivity index (χ2v) is 6.81. The highest BCUT2D eigenvalue weighted by atomic mass is 32.1. The van der Waals surface area contributed by atoms with Crippen molar-refractivity contribution in [2.75, 3.05) is 39.4 Å². The van der Waals surface area contributed by atoms with Crippen molar-refractivity contribution in [3.05, 3.63) is 22.4 Å². The molecule has 2 heterocycles. The van der Waals surface area contributed by atoms with E-state index in [0.29, 0.717) is 32.2 Å². The molecule has 1 aliphatic rings. The van der Waals surface area contributed by atoms with E-state index in [-0.39, 0.29) is 6.04 Å². The number of thiophene rings is 1. The maximum Gasteiger partial charge on any atom is 0.309 e. The van der Waals surface area contributed by atoms with Crippen LogP contribution in [-0.2, 0) is 14.3 Å². The normalized spacial score (nSPS) is 17.0. The van der Waals surface area contributed by atoms with E-state index < -0.39 is 11.8 Å². The highest BCUT2D eigenvalue weighted by Crippen LogP contribution is 2.23. The molecule has 1 aliphatic heterocycles. The molecule has 1 aromatic rings. The van der Waals surface area contributed by atoms with E-state index in [9.17, 15) is 9.59 Å². The lowest BCUT2D eigenvalue weighted by atomic mass is 10.1. The van der Waals surface area contributed by atoms with Crippen LogP contribution in [0.1, 0.15) is 25.5 Å². The summed E-state index contributed by atoms with van der Waals surface area (Å²) in [6, 6.07) is 2.14. The van der Waals surface area contributed by atoms with Gasteiger partial charge in [0.05, 0.1) is 19.3 Å². The summed E-state index contributed by atoms with van der Waals surface area (Å²) < 4.78 is 5.39. The molecule has 23 heavy (non-hydrogen) atoms. The first-order valence-corrected chi connectivity index (χ1v) is 8.92. The molecule has 2 N–H and O–H groups in total. The summed E-state index contributed by atoms with van der Waals surface area (Å²) in [4.78, 5) is 26.0. The molecule has 1 atom stereocenters. The Hall–Kier alpha value is -1.44. The lowest BCUT2D eigenvalue weighted by Gasteiger charge is -2.34. The third kappa shape index (κ3) is 5.60. The number of ether oxygens (including phenoxy) is 1. The first-order chi connectivity index (χ1) is 11.1. The average Bonchev–Trinajstić information content (AvgIpc) is 3.07. The minimum atomic E-state index is -0.570. The quantitative estimate of drug-likeness (QED) is 0.759. The predicted molar refractivity (Wildman–Crippen MR) is 90.3 cm³/mol. The standard InChI is InChI=1S/C16H25N3O3S/c1-12(2)9-17-15(20)16(21)18-10-14(13-3-8-23-11-13)19-4-6-22-7-5-19/h3,8,11-12,14H,4-7,9-10H2,1-2H3,(H,17,20)(H,18,21). The number of morpholine rings is 1. The molecule has 1 aromatic heterocycles. The van der Waals surface area contributed by atoms with Crippen molar-refractivity contribution in [3.8, 4) is 0 Å². The van der Waals surface area contributed by atoms with Gasteiger partial charge < -0.3 is 15.4 Å². The van der Waals surface area contributed by atoms with Crippen LogP contribution in [0.3, 0.4) is 0 Å². The average molecular weight is 339 g/mol. The molecule has 1 unspecified atom stereocenters. The molecule has 128 valence electrons. The van der Waals surface area contributed by atoms with Gasteiger partial charge in [0.15, 0.2) is 0 Å². The zero-order valence-corrected chi connectivity index (χ0v) is 14.5. The van der Waals surface area contributed by atoms with E-state index in [0.717, 1.165) is 13.1 Å². The Morgan fingerprint density at radius 3 is 2.43 bits per heavy atom. The van der Waals surface area contributed by atoms with Crippen LogP contribution in [0, 0.1) is 5.92 Å². The summed E-state index contributed by atoms with van der Waals surface area (Å²) in [5, 5.41) is 9.52. The Kier molecular flexibility index (Phi) is 7.01. The Morgan fingerprint density at radius 2 is 1.87 bits per heavy atom. The second-order valence-electron chi connectivity index (χ2n) is 6.03. The number of amides is 2. The summed E-state index contributed by atoms with van der Waals surface area (Å²) in [6.07, 6.45) is 0. The first kappa shape index (κ1) is 17.9. The fraction of sp³-hybridized carbons (Fsp3) is 0.625. The van der Waals surface area contributed by atoms with Crippen LogP contribution in [0.2, 0.25) is 0 Å². The van der Waals surface area contributed by atoms with E-state index in [1.807, 2.05) is 19.2 Å². The third-order valence-electron chi connectivity index (χ3n) is 3.75. The van der Waals surface area contributed by atoms with Gasteiger partial charge in [-0.1, -0.05) is 13.8 Å². The van der Waals surface area contributed by atoms with Crippen molar-refractivity contribution in [1.82, 2.24) is 15.5 Å². The minimum absolute atomic E-state index is 0.0759. The summed E-state index contributed by atoms with van der Waals surface area (Å²) in [5.41, 5.74) is 1.17. The molecule has 1 fully saturated rings. The number of nitrogens with one attached hydrogen (secondary N) is 2. The van der Waals surface area contributed by atoms with Gasteiger partial charge in [-0.05, 0) is 28.3 Å². The van der Waals surface area contributed by atoms with E-state index in [4.69, 9.17) is 4.74 Å². The monoisotopic (exact) mass is 339 g/mol. The van der Waals surface area contributed by atoms with Gasteiger partial charge in [0.2, 0.25) is 0 Å². The van der Waals surface area contributed by atoms with Crippen LogP contribution >= 0.6 is 11.3 Å². The maximum absolute atomic E-state index is 11.9. The van der Waals surface area contributed by atoms with Crippen LogP contribution < -0.4 is 10.6 Å². The Labute approximate surface area is 141 Å². The van der Waals surface area contributed by atoms with E-state index in [1.165, 1.54) is 5.56 Å². The van der Waals surface area contributed by atoms with Gasteiger partial charge in [0.25, 0.3) is 0 Å². The highest BCUT2D eigenvalue weighted by molar-refractivity contribution is 7.07. The van der Waals surface area contributed by atoms with Crippen LogP contribution in [0.15, 0.2) is 16.8 Å². The summed E-state index contributed by atoms with van der Waals surface area (Å²) in [5.74, 6) is -0.817. The van der Waals surface area contributed by atoms with Crippen molar-refractivity contribution >= 4 is 23.2 Å². The van der Waals surface area contributed by atoms with Gasteiger partial charge in [-0.3, -0.25) is 14.5 Å². The van der Waals surface area contributed by atoms with E-state index in [2.05, 4.69) is 27.0 Å². The second kappa shape index (κ2) is 9.00. The first-order valence-electron chi connectivity index (χ1n) is 7.98. The molecule has 2 amide bonds. The number of nitrogens with zero attached hydrogens (tertiary/aromatic N) is 1. The third-order valence-corrected chi connectivity index (χ3v) is 4.45. The Morgan fingerprint density at radius 1 is 1.22 bits per heavy atom. The largest absolute Gasteiger partial charge is 0.379 e. The molecular formula is C16H25N3O3S. The molecule has 0 radical (unpaired) electrons. The van der Waals surface area contributed by atoms with Crippen molar-refractivity contribution in [2.45, 2.75) is 19.9 Å². The van der Waals surface area contributed by atoms with Gasteiger partial charge in [0, 0.05) is 26.2 Å². The summed E-state index contributed by atoms with van der Waals surface area (Å²) in [7, 11) is 0. The maximum atomic E-state index is 11.9. The van der Waals surface area contributed by atoms with Crippen molar-refractivity contribution in [3.63, 3.8) is 0 Å².